The second-order valence-corrected chi connectivity index (χ2v) is 10.6. The van der Waals surface area contributed by atoms with Crippen LogP contribution in [0.1, 0.15) is 77.6 Å². The van der Waals surface area contributed by atoms with Crippen LogP contribution in [0, 0.1) is 6.92 Å². The molecule has 0 saturated carbocycles. The first kappa shape index (κ1) is 28.0. The summed E-state index contributed by atoms with van der Waals surface area (Å²) in [5.74, 6) is -1.61. The van der Waals surface area contributed by atoms with Crippen LogP contribution in [0.3, 0.4) is 0 Å². The summed E-state index contributed by atoms with van der Waals surface area (Å²) >= 11 is 0.969. The Labute approximate surface area is 231 Å². The average molecular weight is 549 g/mol. The molecule has 0 aliphatic carbocycles. The normalized spacial score (nSPS) is 16.7. The number of aliphatic hydroxyl groups excluding tert-OH is 1. The number of aliphatic hydroxyl groups is 1. The van der Waals surface area contributed by atoms with Crippen LogP contribution in [-0.2, 0) is 14.3 Å². The van der Waals surface area contributed by atoms with Gasteiger partial charge < -0.3 is 14.6 Å². The minimum atomic E-state index is -0.942. The van der Waals surface area contributed by atoms with E-state index in [-0.39, 0.29) is 27.3 Å². The highest BCUT2D eigenvalue weighted by molar-refractivity contribution is 7.17. The van der Waals surface area contributed by atoms with Crippen molar-refractivity contribution in [1.29, 1.82) is 0 Å². The van der Waals surface area contributed by atoms with Crippen LogP contribution in [0.5, 0.6) is 5.75 Å². The molecule has 1 fully saturated rings. The number of methoxy groups -OCH3 is 1. The van der Waals surface area contributed by atoms with Crippen molar-refractivity contribution in [3.05, 3.63) is 81.4 Å². The number of ketones is 1. The minimum absolute atomic E-state index is 0.0515. The summed E-state index contributed by atoms with van der Waals surface area (Å²) in [4.78, 5) is 45.0. The number of Topliss-reactive ketones (excluding diaryl/α,β-unsaturated/α-hetero) is 1. The maximum Gasteiger partial charge on any atom is 0.350 e. The maximum atomic E-state index is 13.4. The predicted molar refractivity (Wildman–Crippen MR) is 150 cm³/mol. The third-order valence-corrected chi connectivity index (χ3v) is 7.76. The molecule has 4 rings (SSSR count). The summed E-state index contributed by atoms with van der Waals surface area (Å²) in [6.45, 7) is 8.45. The van der Waals surface area contributed by atoms with Gasteiger partial charge in [0.25, 0.3) is 5.78 Å². The van der Waals surface area contributed by atoms with Crippen molar-refractivity contribution in [3.63, 3.8) is 0 Å². The lowest BCUT2D eigenvalue weighted by Crippen LogP contribution is -2.29. The van der Waals surface area contributed by atoms with E-state index in [1.165, 1.54) is 12.0 Å². The molecule has 8 nitrogen and oxygen atoms in total. The van der Waals surface area contributed by atoms with Gasteiger partial charge in [-0.3, -0.25) is 14.5 Å². The Bertz CT molecular complexity index is 1410. The number of rotatable bonds is 9. The van der Waals surface area contributed by atoms with Crippen molar-refractivity contribution in [1.82, 2.24) is 4.98 Å². The van der Waals surface area contributed by atoms with Gasteiger partial charge >= 0.3 is 11.9 Å². The number of aryl methyl sites for hydroxylation is 1. The number of aromatic nitrogens is 1. The molecule has 204 valence electrons. The quantitative estimate of drug-likeness (QED) is 0.112. The fourth-order valence-corrected chi connectivity index (χ4v) is 5.39. The lowest BCUT2D eigenvalue weighted by molar-refractivity contribution is -0.132. The van der Waals surface area contributed by atoms with E-state index in [0.29, 0.717) is 29.2 Å². The smallest absolute Gasteiger partial charge is 0.350 e. The van der Waals surface area contributed by atoms with Gasteiger partial charge in [-0.1, -0.05) is 62.8 Å². The first-order valence-electron chi connectivity index (χ1n) is 12.9. The molecule has 2 aromatic carbocycles. The van der Waals surface area contributed by atoms with Crippen LogP contribution in [0.25, 0.3) is 5.76 Å². The van der Waals surface area contributed by atoms with Gasteiger partial charge in [0.1, 0.15) is 16.4 Å². The number of unbranched alkanes of at least 4 members (excludes halogenated alkanes) is 1. The Balaban J connectivity index is 1.83. The van der Waals surface area contributed by atoms with Gasteiger partial charge in [0.15, 0.2) is 5.13 Å². The molecule has 0 spiro atoms. The van der Waals surface area contributed by atoms with Crippen molar-refractivity contribution < 1.29 is 29.0 Å². The van der Waals surface area contributed by atoms with E-state index in [2.05, 4.69) is 25.8 Å². The molecule has 1 aliphatic rings. The molecular weight excluding hydrogens is 516 g/mol. The molecule has 1 saturated heterocycles. The second-order valence-electron chi connectivity index (χ2n) is 9.62. The molecule has 1 amide bonds. The molecule has 9 heteroatoms. The van der Waals surface area contributed by atoms with Crippen molar-refractivity contribution in [2.75, 3.05) is 18.6 Å². The first-order chi connectivity index (χ1) is 18.7. The van der Waals surface area contributed by atoms with Gasteiger partial charge in [0, 0.05) is 5.56 Å². The van der Waals surface area contributed by atoms with Crippen molar-refractivity contribution in [2.45, 2.75) is 52.5 Å². The Kier molecular flexibility index (Phi) is 8.50. The zero-order chi connectivity index (χ0) is 28.3. The summed E-state index contributed by atoms with van der Waals surface area (Å²) in [7, 11) is 1.27. The molecule has 2 heterocycles. The van der Waals surface area contributed by atoms with E-state index in [1.807, 2.05) is 24.3 Å². The van der Waals surface area contributed by atoms with Gasteiger partial charge in [-0.25, -0.2) is 9.78 Å². The summed E-state index contributed by atoms with van der Waals surface area (Å²) in [6.07, 6.45) is 1.94. The number of benzene rings is 2. The average Bonchev–Trinajstić information content (AvgIpc) is 3.44. The number of carbonyl (C=O) groups is 3. The third kappa shape index (κ3) is 5.59. The number of ether oxygens (including phenoxy) is 2. The van der Waals surface area contributed by atoms with Gasteiger partial charge in [-0.2, -0.15) is 0 Å². The number of esters is 1. The number of amides is 1. The highest BCUT2D eigenvalue weighted by Gasteiger charge is 2.48. The van der Waals surface area contributed by atoms with E-state index in [9.17, 15) is 19.5 Å². The Morgan fingerprint density at radius 3 is 2.36 bits per heavy atom. The molecule has 3 aromatic rings. The lowest BCUT2D eigenvalue weighted by atomic mass is 9.93. The Hall–Kier alpha value is -3.98. The van der Waals surface area contributed by atoms with Crippen LogP contribution >= 0.6 is 11.3 Å². The van der Waals surface area contributed by atoms with Crippen LogP contribution in [0.15, 0.2) is 54.1 Å². The molecule has 0 bridgehead atoms. The van der Waals surface area contributed by atoms with E-state index in [0.717, 1.165) is 29.7 Å². The summed E-state index contributed by atoms with van der Waals surface area (Å²) < 4.78 is 10.6. The number of thiazole rings is 1. The highest BCUT2D eigenvalue weighted by Crippen LogP contribution is 2.44. The number of hydrogen-bond donors (Lipinski definition) is 1. The van der Waals surface area contributed by atoms with E-state index < -0.39 is 23.7 Å². The van der Waals surface area contributed by atoms with E-state index in [1.54, 1.807) is 31.2 Å². The topological polar surface area (TPSA) is 106 Å². The van der Waals surface area contributed by atoms with Crippen LogP contribution in [0.2, 0.25) is 0 Å². The zero-order valence-electron chi connectivity index (χ0n) is 22.7. The van der Waals surface area contributed by atoms with Gasteiger partial charge in [0.05, 0.1) is 31.0 Å². The SMILES string of the molecule is CCCCOc1ccc(C(O)=C2C(=O)C(=O)N(c3nc(C)c(C(=O)OC)s3)[C@H]2c2ccc(C(C)C)cc2)cc1. The largest absolute Gasteiger partial charge is 0.507 e. The molecule has 39 heavy (non-hydrogen) atoms. The Morgan fingerprint density at radius 2 is 1.77 bits per heavy atom. The molecule has 1 aromatic heterocycles. The number of hydrogen-bond acceptors (Lipinski definition) is 8. The third-order valence-electron chi connectivity index (χ3n) is 6.62. The highest BCUT2D eigenvalue weighted by atomic mass is 32.1. The maximum absolute atomic E-state index is 13.4. The standard InChI is InChI=1S/C30H32N2O6S/c1-6-7-16-38-22-14-12-21(13-15-22)25(33)23-24(20-10-8-19(9-11-20)17(2)3)32(28(35)26(23)34)30-31-18(4)27(39-30)29(36)37-5/h8-15,17,24,33H,6-7,16H2,1-5H3/t24-/m0/s1. The second kappa shape index (κ2) is 11.8. The van der Waals surface area contributed by atoms with Crippen LogP contribution in [-0.4, -0.2) is 41.5 Å². The molecule has 1 aliphatic heterocycles. The molecule has 1 N–H and O–H groups in total. The number of carbonyl (C=O) groups excluding carboxylic acids is 3. The van der Waals surface area contributed by atoms with Crippen molar-refractivity contribution >= 4 is 39.9 Å². The fourth-order valence-electron chi connectivity index (χ4n) is 4.37. The van der Waals surface area contributed by atoms with Crippen LogP contribution < -0.4 is 9.64 Å². The van der Waals surface area contributed by atoms with Crippen molar-refractivity contribution in [2.24, 2.45) is 0 Å². The van der Waals surface area contributed by atoms with Crippen LogP contribution in [0.4, 0.5) is 5.13 Å². The van der Waals surface area contributed by atoms with E-state index in [4.69, 9.17) is 9.47 Å². The fraction of sp³-hybridized carbons (Fsp3) is 0.333. The number of anilines is 1. The summed E-state index contributed by atoms with van der Waals surface area (Å²) in [5, 5.41) is 11.6. The van der Waals surface area contributed by atoms with Crippen molar-refractivity contribution in [3.8, 4) is 5.75 Å². The minimum Gasteiger partial charge on any atom is -0.507 e. The monoisotopic (exact) mass is 548 g/mol. The Morgan fingerprint density at radius 1 is 1.10 bits per heavy atom. The molecular formula is C30H32N2O6S. The predicted octanol–water partition coefficient (Wildman–Crippen LogP) is 6.17. The lowest BCUT2D eigenvalue weighted by Gasteiger charge is -2.23. The molecule has 0 unspecified atom stereocenters. The van der Waals surface area contributed by atoms with Gasteiger partial charge in [0.2, 0.25) is 0 Å². The zero-order valence-corrected chi connectivity index (χ0v) is 23.5. The molecule has 0 radical (unpaired) electrons. The van der Waals surface area contributed by atoms with Gasteiger partial charge in [-0.05, 0) is 54.7 Å². The summed E-state index contributed by atoms with van der Waals surface area (Å²) in [6, 6.07) is 13.4. The first-order valence-corrected chi connectivity index (χ1v) is 13.7. The number of nitrogens with zero attached hydrogens (tertiary/aromatic N) is 2. The molecule has 1 atom stereocenters. The van der Waals surface area contributed by atoms with Gasteiger partial charge in [-0.15, -0.1) is 0 Å². The summed E-state index contributed by atoms with van der Waals surface area (Å²) in [5.41, 5.74) is 2.44. The van der Waals surface area contributed by atoms with E-state index >= 15 is 0 Å².